The topological polar surface area (TPSA) is 26.3 Å². The maximum absolute atomic E-state index is 12.7. The van der Waals surface area contributed by atoms with Crippen molar-refractivity contribution in [2.24, 2.45) is 0 Å². The Kier molecular flexibility index (Phi) is 5.31. The third-order valence-corrected chi connectivity index (χ3v) is 9.32. The third kappa shape index (κ3) is 3.10. The zero-order valence-electron chi connectivity index (χ0n) is 14.5. The minimum Gasteiger partial charge on any atom is -0.466 e. The van der Waals surface area contributed by atoms with Crippen molar-refractivity contribution in [2.45, 2.75) is 12.6 Å². The summed E-state index contributed by atoms with van der Waals surface area (Å²) in [5.41, 5.74) is -0.273. The Balaban J connectivity index is 2.38. The van der Waals surface area contributed by atoms with Gasteiger partial charge in [0.1, 0.15) is 23.2 Å². The van der Waals surface area contributed by atoms with Gasteiger partial charge < -0.3 is 4.74 Å². The Morgan fingerprint density at radius 2 is 1.04 bits per heavy atom. The molecule has 3 aromatic rings. The van der Waals surface area contributed by atoms with Crippen LogP contribution in [0.1, 0.15) is 6.92 Å². The first-order valence-electron chi connectivity index (χ1n) is 8.34. The predicted octanol–water partition coefficient (Wildman–Crippen LogP) is 3.54. The van der Waals surface area contributed by atoms with Crippen LogP contribution < -0.4 is 15.9 Å². The molecule has 0 aliphatic carbocycles. The highest BCUT2D eigenvalue weighted by atomic mass is 31.2. The van der Waals surface area contributed by atoms with E-state index in [4.69, 9.17) is 4.74 Å². The second-order valence-electron chi connectivity index (χ2n) is 5.93. The second-order valence-corrected chi connectivity index (χ2v) is 9.70. The van der Waals surface area contributed by atoms with Crippen LogP contribution >= 0.6 is 7.26 Å². The maximum atomic E-state index is 12.7. The predicted molar refractivity (Wildman–Crippen MR) is 107 cm³/mol. The van der Waals surface area contributed by atoms with Gasteiger partial charge in [-0.15, -0.1) is 0 Å². The number of carbonyl (C=O) groups excluding carboxylic acids is 1. The molecule has 1 unspecified atom stereocenters. The van der Waals surface area contributed by atoms with Crippen molar-refractivity contribution < 1.29 is 9.53 Å². The van der Waals surface area contributed by atoms with Gasteiger partial charge in [-0.1, -0.05) is 54.6 Å². The van der Waals surface area contributed by atoms with Gasteiger partial charge in [0.05, 0.1) is 7.11 Å². The van der Waals surface area contributed by atoms with Crippen molar-refractivity contribution in [3.8, 4) is 0 Å². The Labute approximate surface area is 149 Å². The smallest absolute Gasteiger partial charge is 0.347 e. The van der Waals surface area contributed by atoms with Crippen LogP contribution in [0, 0.1) is 0 Å². The van der Waals surface area contributed by atoms with Crippen molar-refractivity contribution in [1.29, 1.82) is 0 Å². The van der Waals surface area contributed by atoms with Crippen LogP contribution in [0.4, 0.5) is 0 Å². The Morgan fingerprint density at radius 3 is 1.32 bits per heavy atom. The van der Waals surface area contributed by atoms with Crippen LogP contribution in [0.5, 0.6) is 0 Å². The van der Waals surface area contributed by atoms with E-state index in [0.717, 1.165) is 0 Å². The zero-order valence-corrected chi connectivity index (χ0v) is 15.4. The van der Waals surface area contributed by atoms with Crippen LogP contribution in [0.2, 0.25) is 0 Å². The van der Waals surface area contributed by atoms with E-state index in [1.165, 1.54) is 23.0 Å². The second kappa shape index (κ2) is 7.63. The van der Waals surface area contributed by atoms with Crippen LogP contribution in [0.15, 0.2) is 91.0 Å². The summed E-state index contributed by atoms with van der Waals surface area (Å²) >= 11 is 0. The standard InChI is InChI=1S/C22H22O2P/c1-18(22(23)24-2)25(19-12-6-3-7-13-19,20-14-8-4-9-15-20)21-16-10-5-11-17-21/h3-18H,1-2H3/q+1. The van der Waals surface area contributed by atoms with E-state index in [1.807, 2.05) is 61.5 Å². The molecule has 0 aliphatic rings. The molecule has 0 spiro atoms. The van der Waals surface area contributed by atoms with E-state index in [2.05, 4.69) is 36.4 Å². The van der Waals surface area contributed by atoms with Gasteiger partial charge in [-0.25, -0.2) is 4.79 Å². The molecule has 0 aromatic heterocycles. The summed E-state index contributed by atoms with van der Waals surface area (Å²) in [5, 5.41) is 3.56. The van der Waals surface area contributed by atoms with Gasteiger partial charge >= 0.3 is 5.97 Å². The fraction of sp³-hybridized carbons (Fsp3) is 0.136. The van der Waals surface area contributed by atoms with Crippen molar-refractivity contribution in [3.05, 3.63) is 91.0 Å². The van der Waals surface area contributed by atoms with Crippen molar-refractivity contribution in [3.63, 3.8) is 0 Å². The van der Waals surface area contributed by atoms with E-state index in [1.54, 1.807) is 0 Å². The molecule has 2 nitrogen and oxygen atoms in total. The molecule has 1 atom stereocenters. The largest absolute Gasteiger partial charge is 0.466 e. The van der Waals surface area contributed by atoms with E-state index in [-0.39, 0.29) is 11.6 Å². The molecule has 0 fully saturated rings. The lowest BCUT2D eigenvalue weighted by molar-refractivity contribution is -0.139. The van der Waals surface area contributed by atoms with Gasteiger partial charge in [0.2, 0.25) is 0 Å². The number of carbonyl (C=O) groups is 1. The fourth-order valence-electron chi connectivity index (χ4n) is 3.44. The highest BCUT2D eigenvalue weighted by Gasteiger charge is 2.53. The molecule has 0 heterocycles. The summed E-state index contributed by atoms with van der Waals surface area (Å²) in [6, 6.07) is 31.1. The van der Waals surface area contributed by atoms with Crippen molar-refractivity contribution >= 4 is 29.1 Å². The molecule has 0 amide bonds. The van der Waals surface area contributed by atoms with E-state index in [9.17, 15) is 4.79 Å². The molecule has 0 aliphatic heterocycles. The zero-order chi connectivity index (χ0) is 17.7. The first-order chi connectivity index (χ1) is 12.2. The summed E-state index contributed by atoms with van der Waals surface area (Å²) in [6.07, 6.45) is 0. The van der Waals surface area contributed by atoms with Crippen LogP contribution in [-0.4, -0.2) is 18.7 Å². The summed E-state index contributed by atoms with van der Waals surface area (Å²) in [6.45, 7) is 1.99. The number of ether oxygens (including phenoxy) is 1. The molecule has 0 radical (unpaired) electrons. The SMILES string of the molecule is COC(=O)C(C)[P+](c1ccccc1)(c1ccccc1)c1ccccc1. The van der Waals surface area contributed by atoms with Gasteiger partial charge in [-0.3, -0.25) is 0 Å². The monoisotopic (exact) mass is 349 g/mol. The minimum absolute atomic E-state index is 0.176. The molecule has 3 rings (SSSR count). The van der Waals surface area contributed by atoms with Gasteiger partial charge in [-0.2, -0.15) is 0 Å². The summed E-state index contributed by atoms with van der Waals surface area (Å²) in [5.74, 6) is -0.176. The molecule has 25 heavy (non-hydrogen) atoms. The first kappa shape index (κ1) is 17.4. The van der Waals surface area contributed by atoms with Gasteiger partial charge in [0, 0.05) is 0 Å². The van der Waals surface area contributed by atoms with Crippen LogP contribution in [0.3, 0.4) is 0 Å². The van der Waals surface area contributed by atoms with E-state index < -0.39 is 7.26 Å². The van der Waals surface area contributed by atoms with Gasteiger partial charge in [0.15, 0.2) is 5.66 Å². The molecule has 0 saturated carbocycles. The number of methoxy groups -OCH3 is 1. The lowest BCUT2D eigenvalue weighted by atomic mass is 10.3. The maximum Gasteiger partial charge on any atom is 0.347 e. The van der Waals surface area contributed by atoms with E-state index >= 15 is 0 Å². The molecule has 0 bridgehead atoms. The number of benzene rings is 3. The average Bonchev–Trinajstić information content (AvgIpc) is 2.70. The molecule has 126 valence electrons. The fourth-order valence-corrected chi connectivity index (χ4v) is 8.02. The van der Waals surface area contributed by atoms with E-state index in [0.29, 0.717) is 0 Å². The number of esters is 1. The molecule has 3 heteroatoms. The van der Waals surface area contributed by atoms with Gasteiger partial charge in [-0.05, 0) is 43.3 Å². The van der Waals surface area contributed by atoms with Crippen LogP contribution in [-0.2, 0) is 9.53 Å². The summed E-state index contributed by atoms with van der Waals surface area (Å²) < 4.78 is 5.17. The third-order valence-electron chi connectivity index (χ3n) is 4.61. The highest BCUT2D eigenvalue weighted by molar-refractivity contribution is 7.96. The van der Waals surface area contributed by atoms with Crippen molar-refractivity contribution in [2.75, 3.05) is 7.11 Å². The van der Waals surface area contributed by atoms with Crippen LogP contribution in [0.25, 0.3) is 0 Å². The van der Waals surface area contributed by atoms with Gasteiger partial charge in [0.25, 0.3) is 0 Å². The highest BCUT2D eigenvalue weighted by Crippen LogP contribution is 2.59. The molecule has 0 saturated heterocycles. The number of hydrogen-bond acceptors (Lipinski definition) is 2. The Hall–Kier alpha value is -2.44. The lowest BCUT2D eigenvalue weighted by Gasteiger charge is -2.31. The quantitative estimate of drug-likeness (QED) is 0.520. The lowest BCUT2D eigenvalue weighted by Crippen LogP contribution is -2.41. The Bertz CT molecular complexity index is 720. The first-order valence-corrected chi connectivity index (χ1v) is 10.2. The van der Waals surface area contributed by atoms with Crippen molar-refractivity contribution in [1.82, 2.24) is 0 Å². The molecule has 3 aromatic carbocycles. The number of hydrogen-bond donors (Lipinski definition) is 0. The summed E-state index contributed by atoms with van der Waals surface area (Å²) in [7, 11) is -0.725. The molecular weight excluding hydrogens is 327 g/mol. The summed E-state index contributed by atoms with van der Waals surface area (Å²) in [4.78, 5) is 12.7. The average molecular weight is 349 g/mol. The molecule has 0 N–H and O–H groups in total. The molecular formula is C22H22O2P+. The number of rotatable bonds is 5. The Morgan fingerprint density at radius 1 is 0.720 bits per heavy atom. The minimum atomic E-state index is -2.19. The normalized spacial score (nSPS) is 12.4.